The highest BCUT2D eigenvalue weighted by Gasteiger charge is 2.34. The number of alkyl halides is 3. The highest BCUT2D eigenvalue weighted by Crippen LogP contribution is 2.37. The zero-order valence-electron chi connectivity index (χ0n) is 14.2. The lowest BCUT2D eigenvalue weighted by Crippen LogP contribution is -2.16. The normalized spacial score (nSPS) is 11.2. The van der Waals surface area contributed by atoms with E-state index in [1.807, 2.05) is 0 Å². The van der Waals surface area contributed by atoms with Crippen molar-refractivity contribution in [2.75, 3.05) is 5.32 Å². The first-order valence-corrected chi connectivity index (χ1v) is 7.91. The van der Waals surface area contributed by atoms with Crippen molar-refractivity contribution in [2.24, 2.45) is 0 Å². The molecule has 2 aromatic carbocycles. The van der Waals surface area contributed by atoms with Gasteiger partial charge in [0.25, 0.3) is 5.91 Å². The first kappa shape index (κ1) is 20.2. The van der Waals surface area contributed by atoms with Crippen molar-refractivity contribution in [1.82, 2.24) is 4.98 Å². The Balaban J connectivity index is 1.77. The van der Waals surface area contributed by atoms with E-state index in [0.717, 1.165) is 18.5 Å². The zero-order chi connectivity index (χ0) is 21.2. The minimum absolute atomic E-state index is 0.00962. The second kappa shape index (κ2) is 7.82. The minimum atomic E-state index is -4.65. The molecule has 0 spiro atoms. The van der Waals surface area contributed by atoms with E-state index in [1.165, 1.54) is 24.3 Å². The zero-order valence-corrected chi connectivity index (χ0v) is 14.2. The van der Waals surface area contributed by atoms with Gasteiger partial charge in [0.2, 0.25) is 0 Å². The summed E-state index contributed by atoms with van der Waals surface area (Å²) < 4.78 is 84.6. The third-order valence-corrected chi connectivity index (χ3v) is 3.70. The first-order valence-electron chi connectivity index (χ1n) is 7.91. The van der Waals surface area contributed by atoms with Gasteiger partial charge >= 0.3 is 6.18 Å². The number of halogens is 6. The van der Waals surface area contributed by atoms with E-state index in [9.17, 15) is 31.1 Å². The van der Waals surface area contributed by atoms with Crippen LogP contribution in [-0.2, 0) is 6.18 Å². The second-order valence-electron chi connectivity index (χ2n) is 5.67. The third-order valence-electron chi connectivity index (χ3n) is 3.70. The molecule has 10 heteroatoms. The van der Waals surface area contributed by atoms with Crippen molar-refractivity contribution >= 4 is 11.6 Å². The molecule has 0 saturated heterocycles. The van der Waals surface area contributed by atoms with Gasteiger partial charge in [0.15, 0.2) is 17.4 Å². The van der Waals surface area contributed by atoms with E-state index in [1.54, 1.807) is 0 Å². The number of hydrogen-bond donors (Lipinski definition) is 1. The standard InChI is InChI=1S/C19H10F6N2O2/c20-13-5-6-14(21)17(22)16(13)18(28)27-10-1-3-11(4-2-10)29-15-9-26-8-7-12(15)19(23,24)25/h1-9H,(H,27,28). The van der Waals surface area contributed by atoms with E-state index in [0.29, 0.717) is 12.1 Å². The fraction of sp³-hybridized carbons (Fsp3) is 0.0526. The van der Waals surface area contributed by atoms with E-state index < -0.39 is 46.4 Å². The van der Waals surface area contributed by atoms with Crippen LogP contribution in [0, 0.1) is 17.5 Å². The van der Waals surface area contributed by atoms with Gasteiger partial charge in [-0.05, 0) is 42.5 Å². The summed E-state index contributed by atoms with van der Waals surface area (Å²) in [7, 11) is 0. The Kier molecular flexibility index (Phi) is 5.44. The minimum Gasteiger partial charge on any atom is -0.455 e. The van der Waals surface area contributed by atoms with Crippen LogP contribution in [0.4, 0.5) is 32.0 Å². The molecule has 0 unspecified atom stereocenters. The van der Waals surface area contributed by atoms with Crippen LogP contribution >= 0.6 is 0 Å². The van der Waals surface area contributed by atoms with Crippen LogP contribution in [0.5, 0.6) is 11.5 Å². The Hall–Kier alpha value is -3.56. The van der Waals surface area contributed by atoms with Gasteiger partial charge in [0, 0.05) is 11.9 Å². The summed E-state index contributed by atoms with van der Waals surface area (Å²) >= 11 is 0. The Morgan fingerprint density at radius 2 is 1.59 bits per heavy atom. The number of hydrogen-bond acceptors (Lipinski definition) is 3. The molecule has 0 bridgehead atoms. The molecular weight excluding hydrogens is 402 g/mol. The lowest BCUT2D eigenvalue weighted by molar-refractivity contribution is -0.138. The van der Waals surface area contributed by atoms with Gasteiger partial charge in [-0.2, -0.15) is 13.2 Å². The Morgan fingerprint density at radius 3 is 2.24 bits per heavy atom. The average molecular weight is 412 g/mol. The number of carbonyl (C=O) groups is 1. The molecule has 150 valence electrons. The Labute approximate surface area is 159 Å². The lowest BCUT2D eigenvalue weighted by Gasteiger charge is -2.13. The molecule has 0 fully saturated rings. The quantitative estimate of drug-likeness (QED) is 0.451. The second-order valence-corrected chi connectivity index (χ2v) is 5.67. The number of nitrogens with one attached hydrogen (secondary N) is 1. The van der Waals surface area contributed by atoms with Crippen LogP contribution in [0.2, 0.25) is 0 Å². The monoisotopic (exact) mass is 412 g/mol. The molecule has 29 heavy (non-hydrogen) atoms. The SMILES string of the molecule is O=C(Nc1ccc(Oc2cnccc2C(F)(F)F)cc1)c1c(F)ccc(F)c1F. The maximum Gasteiger partial charge on any atom is 0.420 e. The van der Waals surface area contributed by atoms with Crippen molar-refractivity contribution in [3.8, 4) is 11.5 Å². The van der Waals surface area contributed by atoms with Crippen LogP contribution in [-0.4, -0.2) is 10.9 Å². The average Bonchev–Trinajstić information content (AvgIpc) is 2.66. The summed E-state index contributed by atoms with van der Waals surface area (Å²) in [6.07, 6.45) is -2.78. The predicted octanol–water partition coefficient (Wildman–Crippen LogP) is 5.56. The maximum absolute atomic E-state index is 13.7. The van der Waals surface area contributed by atoms with E-state index >= 15 is 0 Å². The summed E-state index contributed by atoms with van der Waals surface area (Å²) in [5.74, 6) is -6.06. The first-order chi connectivity index (χ1) is 13.7. The molecule has 0 atom stereocenters. The maximum atomic E-state index is 13.7. The summed E-state index contributed by atoms with van der Waals surface area (Å²) in [5.41, 5.74) is -2.08. The van der Waals surface area contributed by atoms with E-state index in [-0.39, 0.29) is 11.4 Å². The van der Waals surface area contributed by atoms with Gasteiger partial charge in [0.1, 0.15) is 22.7 Å². The van der Waals surface area contributed by atoms with Crippen molar-refractivity contribution in [3.05, 3.63) is 83.4 Å². The highest BCUT2D eigenvalue weighted by molar-refractivity contribution is 6.04. The molecular formula is C19H10F6N2O2. The number of pyridine rings is 1. The number of benzene rings is 2. The van der Waals surface area contributed by atoms with Crippen molar-refractivity contribution < 1.29 is 35.9 Å². The number of rotatable bonds is 4. The largest absolute Gasteiger partial charge is 0.455 e. The number of aromatic nitrogens is 1. The highest BCUT2D eigenvalue weighted by atomic mass is 19.4. The number of ether oxygens (including phenoxy) is 1. The molecule has 0 radical (unpaired) electrons. The van der Waals surface area contributed by atoms with Gasteiger partial charge in [-0.25, -0.2) is 13.2 Å². The molecule has 0 aliphatic heterocycles. The van der Waals surface area contributed by atoms with Gasteiger partial charge < -0.3 is 10.1 Å². The lowest BCUT2D eigenvalue weighted by atomic mass is 10.1. The van der Waals surface area contributed by atoms with Crippen molar-refractivity contribution in [1.29, 1.82) is 0 Å². The molecule has 0 saturated carbocycles. The fourth-order valence-corrected chi connectivity index (χ4v) is 2.36. The summed E-state index contributed by atoms with van der Waals surface area (Å²) in [6.45, 7) is 0. The number of amides is 1. The molecule has 1 N–H and O–H groups in total. The molecule has 1 aromatic heterocycles. The Morgan fingerprint density at radius 1 is 0.931 bits per heavy atom. The number of anilines is 1. The van der Waals surface area contributed by atoms with Crippen molar-refractivity contribution in [3.63, 3.8) is 0 Å². The van der Waals surface area contributed by atoms with Crippen LogP contribution in [0.15, 0.2) is 54.9 Å². The van der Waals surface area contributed by atoms with Gasteiger partial charge in [-0.15, -0.1) is 0 Å². The van der Waals surface area contributed by atoms with Gasteiger partial charge in [-0.1, -0.05) is 0 Å². The molecule has 0 aliphatic rings. The van der Waals surface area contributed by atoms with E-state index in [2.05, 4.69) is 10.3 Å². The molecule has 0 aliphatic carbocycles. The third kappa shape index (κ3) is 4.48. The van der Waals surface area contributed by atoms with Gasteiger partial charge in [0.05, 0.1) is 6.20 Å². The van der Waals surface area contributed by atoms with E-state index in [4.69, 9.17) is 4.74 Å². The summed E-state index contributed by atoms with van der Waals surface area (Å²) in [5, 5.41) is 2.16. The van der Waals surface area contributed by atoms with Gasteiger partial charge in [-0.3, -0.25) is 9.78 Å². The van der Waals surface area contributed by atoms with Crippen LogP contribution in [0.1, 0.15) is 15.9 Å². The van der Waals surface area contributed by atoms with Crippen LogP contribution in [0.3, 0.4) is 0 Å². The smallest absolute Gasteiger partial charge is 0.420 e. The summed E-state index contributed by atoms with van der Waals surface area (Å²) in [6, 6.07) is 6.81. The molecule has 1 amide bonds. The Bertz CT molecular complexity index is 1050. The molecule has 3 rings (SSSR count). The molecule has 1 heterocycles. The summed E-state index contributed by atoms with van der Waals surface area (Å²) in [4.78, 5) is 15.6. The van der Waals surface area contributed by atoms with Crippen LogP contribution in [0.25, 0.3) is 0 Å². The number of carbonyl (C=O) groups excluding carboxylic acids is 1. The predicted molar refractivity (Wildman–Crippen MR) is 90.0 cm³/mol. The molecule has 3 aromatic rings. The number of nitrogens with zero attached hydrogens (tertiary/aromatic N) is 1. The molecule has 4 nitrogen and oxygen atoms in total. The topological polar surface area (TPSA) is 51.2 Å². The fourth-order valence-electron chi connectivity index (χ4n) is 2.36. The van der Waals surface area contributed by atoms with Crippen molar-refractivity contribution in [2.45, 2.75) is 6.18 Å². The van der Waals surface area contributed by atoms with Crippen LogP contribution < -0.4 is 10.1 Å².